The maximum absolute atomic E-state index is 11.1. The third-order valence-electron chi connectivity index (χ3n) is 2.49. The van der Waals surface area contributed by atoms with E-state index >= 15 is 0 Å². The lowest BCUT2D eigenvalue weighted by Gasteiger charge is -2.35. The van der Waals surface area contributed by atoms with Gasteiger partial charge in [-0.25, -0.2) is 4.79 Å². The van der Waals surface area contributed by atoms with Crippen molar-refractivity contribution in [1.82, 2.24) is 0 Å². The Labute approximate surface area is 70.8 Å². The van der Waals surface area contributed by atoms with Crippen LogP contribution in [0, 0.1) is 0 Å². The molecule has 0 aliphatic carbocycles. The first kappa shape index (κ1) is 8.01. The maximum Gasteiger partial charge on any atom is 0.338 e. The normalized spacial score (nSPS) is 46.0. The monoisotopic (exact) mass is 172 g/mol. The maximum atomic E-state index is 11.1. The number of carbonyl (C=O) groups excluding carboxylic acids is 1. The molecule has 1 unspecified atom stereocenters. The van der Waals surface area contributed by atoms with Crippen LogP contribution >= 0.6 is 0 Å². The van der Waals surface area contributed by atoms with Crippen LogP contribution < -0.4 is 0 Å². The fourth-order valence-corrected chi connectivity index (χ4v) is 1.67. The Morgan fingerprint density at radius 3 is 3.08 bits per heavy atom. The van der Waals surface area contributed by atoms with Crippen molar-refractivity contribution in [3.8, 4) is 0 Å². The van der Waals surface area contributed by atoms with Gasteiger partial charge in [-0.1, -0.05) is 6.92 Å². The van der Waals surface area contributed by atoms with E-state index in [1.54, 1.807) is 6.92 Å². The van der Waals surface area contributed by atoms with E-state index < -0.39 is 11.9 Å². The van der Waals surface area contributed by atoms with Crippen molar-refractivity contribution in [1.29, 1.82) is 0 Å². The summed E-state index contributed by atoms with van der Waals surface area (Å²) in [5.41, 5.74) is 0. The Morgan fingerprint density at radius 1 is 1.67 bits per heavy atom. The molecule has 12 heavy (non-hydrogen) atoms. The summed E-state index contributed by atoms with van der Waals surface area (Å²) in [6.07, 6.45) is -0.0901. The molecular formula is C8H12O4. The first-order valence-corrected chi connectivity index (χ1v) is 4.20. The topological polar surface area (TPSA) is 44.8 Å². The number of rotatable bonds is 1. The van der Waals surface area contributed by atoms with E-state index in [1.807, 2.05) is 6.92 Å². The minimum atomic E-state index is -0.668. The molecule has 68 valence electrons. The number of ether oxygens (including phenoxy) is 3. The first-order chi connectivity index (χ1) is 5.68. The molecular weight excluding hydrogens is 160 g/mol. The lowest BCUT2D eigenvalue weighted by molar-refractivity contribution is -0.260. The van der Waals surface area contributed by atoms with E-state index in [2.05, 4.69) is 0 Å². The highest BCUT2D eigenvalue weighted by atomic mass is 16.8. The minimum absolute atomic E-state index is 0.297. The Kier molecular flexibility index (Phi) is 1.63. The largest absolute Gasteiger partial charge is 0.455 e. The molecule has 2 fully saturated rings. The van der Waals surface area contributed by atoms with Gasteiger partial charge in [0.25, 0.3) is 0 Å². The standard InChI is InChI=1S/C8H12O4/c1-3-8-5(2)11-7(9)6(12-8)4-10-8/h5-6H,3-4H2,1-2H3/t5?,6-,8-/m1/s1. The van der Waals surface area contributed by atoms with Crippen molar-refractivity contribution < 1.29 is 19.0 Å². The second-order valence-electron chi connectivity index (χ2n) is 3.16. The second kappa shape index (κ2) is 2.44. The Balaban J connectivity index is 2.24. The zero-order valence-electron chi connectivity index (χ0n) is 7.20. The predicted molar refractivity (Wildman–Crippen MR) is 39.4 cm³/mol. The molecule has 2 rings (SSSR count). The average molecular weight is 172 g/mol. The van der Waals surface area contributed by atoms with Gasteiger partial charge in [-0.15, -0.1) is 0 Å². The zero-order chi connectivity index (χ0) is 8.77. The Morgan fingerprint density at radius 2 is 2.42 bits per heavy atom. The van der Waals surface area contributed by atoms with Gasteiger partial charge in [0, 0.05) is 6.42 Å². The first-order valence-electron chi connectivity index (χ1n) is 4.20. The van der Waals surface area contributed by atoms with E-state index in [1.165, 1.54) is 0 Å². The molecule has 4 nitrogen and oxygen atoms in total. The molecule has 2 aliphatic heterocycles. The van der Waals surface area contributed by atoms with Gasteiger partial charge in [-0.3, -0.25) is 0 Å². The number of cyclic esters (lactones) is 1. The van der Waals surface area contributed by atoms with Crippen LogP contribution in [0.5, 0.6) is 0 Å². The highest BCUT2D eigenvalue weighted by molar-refractivity contribution is 5.76. The molecule has 0 aromatic rings. The number of fused-ring (bicyclic) bond motifs is 2. The van der Waals surface area contributed by atoms with Gasteiger partial charge in [0.05, 0.1) is 6.61 Å². The lowest BCUT2D eigenvalue weighted by atomic mass is 10.1. The van der Waals surface area contributed by atoms with Crippen LogP contribution in [0.15, 0.2) is 0 Å². The minimum Gasteiger partial charge on any atom is -0.455 e. The van der Waals surface area contributed by atoms with Crippen molar-refractivity contribution >= 4 is 5.97 Å². The summed E-state index contributed by atoms with van der Waals surface area (Å²) in [6, 6.07) is 0. The number of hydrogen-bond acceptors (Lipinski definition) is 4. The van der Waals surface area contributed by atoms with E-state index in [0.29, 0.717) is 13.0 Å². The third kappa shape index (κ3) is 0.881. The average Bonchev–Trinajstić information content (AvgIpc) is 2.44. The van der Waals surface area contributed by atoms with Crippen LogP contribution in [0.25, 0.3) is 0 Å². The second-order valence-corrected chi connectivity index (χ2v) is 3.16. The molecule has 0 aromatic heterocycles. The summed E-state index contributed by atoms with van der Waals surface area (Å²) in [6.45, 7) is 4.08. The van der Waals surface area contributed by atoms with Gasteiger partial charge in [0.2, 0.25) is 5.79 Å². The van der Waals surface area contributed by atoms with E-state index in [4.69, 9.17) is 14.2 Å². The van der Waals surface area contributed by atoms with Gasteiger partial charge in [0.15, 0.2) is 12.2 Å². The van der Waals surface area contributed by atoms with Gasteiger partial charge in [-0.2, -0.15) is 0 Å². The highest BCUT2D eigenvalue weighted by Crippen LogP contribution is 2.36. The molecule has 2 bridgehead atoms. The smallest absolute Gasteiger partial charge is 0.338 e. The summed E-state index contributed by atoms with van der Waals surface area (Å²) in [4.78, 5) is 11.1. The molecule has 0 N–H and O–H groups in total. The van der Waals surface area contributed by atoms with E-state index in [0.717, 1.165) is 0 Å². The molecule has 0 aromatic carbocycles. The molecule has 0 amide bonds. The van der Waals surface area contributed by atoms with Crippen molar-refractivity contribution in [3.05, 3.63) is 0 Å². The van der Waals surface area contributed by atoms with Crippen LogP contribution in [0.2, 0.25) is 0 Å². The summed E-state index contributed by atoms with van der Waals surface area (Å²) < 4.78 is 16.0. The van der Waals surface area contributed by atoms with Gasteiger partial charge in [-0.05, 0) is 6.92 Å². The summed E-state index contributed by atoms with van der Waals surface area (Å²) in [5.74, 6) is -0.970. The molecule has 0 spiro atoms. The van der Waals surface area contributed by atoms with Gasteiger partial charge in [0.1, 0.15) is 0 Å². The van der Waals surface area contributed by atoms with Crippen LogP contribution in [-0.2, 0) is 19.0 Å². The molecule has 2 saturated heterocycles. The van der Waals surface area contributed by atoms with Crippen molar-refractivity contribution in [2.45, 2.75) is 38.3 Å². The summed E-state index contributed by atoms with van der Waals surface area (Å²) in [7, 11) is 0. The van der Waals surface area contributed by atoms with Crippen LogP contribution in [-0.4, -0.2) is 30.6 Å². The van der Waals surface area contributed by atoms with Crippen LogP contribution in [0.4, 0.5) is 0 Å². The third-order valence-corrected chi connectivity index (χ3v) is 2.49. The summed E-state index contributed by atoms with van der Waals surface area (Å²) in [5, 5.41) is 0. The number of carbonyl (C=O) groups is 1. The Bertz CT molecular complexity index is 215. The molecule has 0 radical (unpaired) electrons. The highest BCUT2D eigenvalue weighted by Gasteiger charge is 2.53. The molecule has 4 heteroatoms. The number of esters is 1. The summed E-state index contributed by atoms with van der Waals surface area (Å²) >= 11 is 0. The zero-order valence-corrected chi connectivity index (χ0v) is 7.20. The molecule has 0 saturated carbocycles. The fraction of sp³-hybridized carbons (Fsp3) is 0.875. The van der Waals surface area contributed by atoms with Crippen LogP contribution in [0.3, 0.4) is 0 Å². The SMILES string of the molecule is CC[C@@]12OC[C@@H](O1)C(=O)OC2C. The van der Waals surface area contributed by atoms with Gasteiger partial charge >= 0.3 is 5.97 Å². The molecule has 3 atom stereocenters. The Hall–Kier alpha value is -0.610. The van der Waals surface area contributed by atoms with Crippen molar-refractivity contribution in [2.24, 2.45) is 0 Å². The van der Waals surface area contributed by atoms with E-state index in [-0.39, 0.29) is 12.1 Å². The quantitative estimate of drug-likeness (QED) is 0.539. The number of hydrogen-bond donors (Lipinski definition) is 0. The van der Waals surface area contributed by atoms with Crippen LogP contribution in [0.1, 0.15) is 20.3 Å². The fourth-order valence-electron chi connectivity index (χ4n) is 1.67. The molecule has 2 heterocycles. The van der Waals surface area contributed by atoms with Gasteiger partial charge < -0.3 is 14.2 Å². The molecule has 2 aliphatic rings. The van der Waals surface area contributed by atoms with E-state index in [9.17, 15) is 4.79 Å². The lowest BCUT2D eigenvalue weighted by Crippen LogP contribution is -2.49. The van der Waals surface area contributed by atoms with Crippen molar-refractivity contribution in [3.63, 3.8) is 0 Å². The predicted octanol–water partition coefficient (Wildman–Crippen LogP) is 0.453. The van der Waals surface area contributed by atoms with Crippen molar-refractivity contribution in [2.75, 3.05) is 6.61 Å².